The summed E-state index contributed by atoms with van der Waals surface area (Å²) < 4.78 is 1.19. The molecule has 90 valence electrons. The van der Waals surface area contributed by atoms with Gasteiger partial charge in [-0.25, -0.2) is 4.98 Å². The lowest BCUT2D eigenvalue weighted by molar-refractivity contribution is 1.07. The lowest BCUT2D eigenvalue weighted by Gasteiger charge is -2.07. The van der Waals surface area contributed by atoms with E-state index < -0.39 is 0 Å². The van der Waals surface area contributed by atoms with Crippen LogP contribution in [0.2, 0.25) is 0 Å². The van der Waals surface area contributed by atoms with Crippen molar-refractivity contribution in [1.29, 1.82) is 0 Å². The maximum Gasteiger partial charge on any atom is 0.188 e. The fourth-order valence-electron chi connectivity index (χ4n) is 1.86. The van der Waals surface area contributed by atoms with Gasteiger partial charge in [0.15, 0.2) is 5.13 Å². The van der Waals surface area contributed by atoms with Gasteiger partial charge in [0, 0.05) is 12.2 Å². The third kappa shape index (κ3) is 2.08. The highest BCUT2D eigenvalue weighted by atomic mass is 32.1. The topological polar surface area (TPSA) is 50.9 Å². The number of thiazole rings is 1. The van der Waals surface area contributed by atoms with Crippen molar-refractivity contribution in [3.05, 3.63) is 54.1 Å². The van der Waals surface area contributed by atoms with Gasteiger partial charge >= 0.3 is 0 Å². The van der Waals surface area contributed by atoms with Gasteiger partial charge in [0.25, 0.3) is 0 Å². The van der Waals surface area contributed by atoms with Crippen LogP contribution in [0.5, 0.6) is 0 Å². The van der Waals surface area contributed by atoms with Gasteiger partial charge in [0.1, 0.15) is 0 Å². The van der Waals surface area contributed by atoms with E-state index in [-0.39, 0.29) is 0 Å². The van der Waals surface area contributed by atoms with Crippen LogP contribution in [-0.2, 0) is 6.54 Å². The minimum absolute atomic E-state index is 0.522. The number of hydrogen-bond acceptors (Lipinski definition) is 4. The molecule has 0 bridgehead atoms. The van der Waals surface area contributed by atoms with Crippen LogP contribution in [0.4, 0.5) is 10.8 Å². The largest absolute Gasteiger partial charge is 0.331 e. The monoisotopic (exact) mass is 255 g/mol. The average Bonchev–Trinajstić information content (AvgIpc) is 2.81. The average molecular weight is 255 g/mol. The summed E-state index contributed by atoms with van der Waals surface area (Å²) >= 11 is 1.65. The summed E-state index contributed by atoms with van der Waals surface area (Å²) in [5.41, 5.74) is 8.87. The van der Waals surface area contributed by atoms with Gasteiger partial charge in [-0.2, -0.15) is 0 Å². The second-order valence-corrected chi connectivity index (χ2v) is 5.00. The van der Waals surface area contributed by atoms with Crippen LogP contribution in [-0.4, -0.2) is 4.98 Å². The summed E-state index contributed by atoms with van der Waals surface area (Å²) in [6.45, 7) is 0.522. The summed E-state index contributed by atoms with van der Waals surface area (Å²) in [4.78, 5) is 4.55. The first-order valence-electron chi connectivity index (χ1n) is 5.77. The molecule has 0 amide bonds. The van der Waals surface area contributed by atoms with Gasteiger partial charge in [-0.05, 0) is 23.8 Å². The second-order valence-electron chi connectivity index (χ2n) is 3.97. The molecule has 0 atom stereocenters. The third-order valence-electron chi connectivity index (χ3n) is 2.77. The first-order valence-corrected chi connectivity index (χ1v) is 6.59. The molecule has 1 heterocycles. The Morgan fingerprint density at radius 2 is 1.83 bits per heavy atom. The molecule has 0 saturated heterocycles. The zero-order chi connectivity index (χ0) is 12.4. The standard InChI is InChI=1S/C14H13N3S/c15-9-10-5-1-2-6-11(10)16-14-17-12-7-3-4-8-13(12)18-14/h1-8H,9,15H2,(H,16,17). The van der Waals surface area contributed by atoms with Gasteiger partial charge in [-0.15, -0.1) is 0 Å². The number of hydrogen-bond donors (Lipinski definition) is 2. The SMILES string of the molecule is NCc1ccccc1Nc1nc2ccccc2s1. The van der Waals surface area contributed by atoms with Crippen molar-refractivity contribution >= 4 is 32.4 Å². The number of nitrogens with one attached hydrogen (secondary N) is 1. The van der Waals surface area contributed by atoms with Crippen molar-refractivity contribution < 1.29 is 0 Å². The van der Waals surface area contributed by atoms with Gasteiger partial charge in [0.05, 0.1) is 10.2 Å². The molecule has 1 aromatic heterocycles. The van der Waals surface area contributed by atoms with Crippen molar-refractivity contribution in [2.24, 2.45) is 5.73 Å². The van der Waals surface area contributed by atoms with Crippen LogP contribution >= 0.6 is 11.3 Å². The minimum atomic E-state index is 0.522. The molecule has 0 aliphatic rings. The van der Waals surface area contributed by atoms with E-state index in [1.54, 1.807) is 11.3 Å². The molecule has 3 rings (SSSR count). The number of fused-ring (bicyclic) bond motifs is 1. The van der Waals surface area contributed by atoms with E-state index in [2.05, 4.69) is 16.4 Å². The van der Waals surface area contributed by atoms with Crippen LogP contribution in [0.15, 0.2) is 48.5 Å². The van der Waals surface area contributed by atoms with Crippen molar-refractivity contribution in [2.45, 2.75) is 6.54 Å². The molecule has 3 aromatic rings. The highest BCUT2D eigenvalue weighted by Crippen LogP contribution is 2.29. The molecule has 0 unspecified atom stereocenters. The van der Waals surface area contributed by atoms with Crippen LogP contribution < -0.4 is 11.1 Å². The van der Waals surface area contributed by atoms with Gasteiger partial charge < -0.3 is 11.1 Å². The lowest BCUT2D eigenvalue weighted by Crippen LogP contribution is -2.01. The van der Waals surface area contributed by atoms with Gasteiger partial charge in [-0.3, -0.25) is 0 Å². The molecule has 3 nitrogen and oxygen atoms in total. The van der Waals surface area contributed by atoms with Crippen LogP contribution in [0.3, 0.4) is 0 Å². The van der Waals surface area contributed by atoms with E-state index in [0.717, 1.165) is 21.9 Å². The van der Waals surface area contributed by atoms with Crippen LogP contribution in [0.25, 0.3) is 10.2 Å². The maximum atomic E-state index is 5.72. The van der Waals surface area contributed by atoms with E-state index >= 15 is 0 Å². The van der Waals surface area contributed by atoms with E-state index in [1.165, 1.54) is 4.70 Å². The Morgan fingerprint density at radius 3 is 2.67 bits per heavy atom. The van der Waals surface area contributed by atoms with Crippen molar-refractivity contribution in [3.63, 3.8) is 0 Å². The summed E-state index contributed by atoms with van der Waals surface area (Å²) in [7, 11) is 0. The molecule has 3 N–H and O–H groups in total. The Morgan fingerprint density at radius 1 is 1.06 bits per heavy atom. The Hall–Kier alpha value is -1.91. The van der Waals surface area contributed by atoms with E-state index in [4.69, 9.17) is 5.73 Å². The zero-order valence-corrected chi connectivity index (χ0v) is 10.6. The first-order chi connectivity index (χ1) is 8.86. The zero-order valence-electron chi connectivity index (χ0n) is 9.76. The molecular formula is C14H13N3S. The first kappa shape index (κ1) is 11.2. The summed E-state index contributed by atoms with van der Waals surface area (Å²) in [5.74, 6) is 0. The highest BCUT2D eigenvalue weighted by molar-refractivity contribution is 7.22. The number of rotatable bonds is 3. The second kappa shape index (κ2) is 4.76. The molecule has 0 saturated carbocycles. The fourth-order valence-corrected chi connectivity index (χ4v) is 2.74. The Balaban J connectivity index is 1.96. The normalized spacial score (nSPS) is 10.7. The van der Waals surface area contributed by atoms with Crippen molar-refractivity contribution in [2.75, 3.05) is 5.32 Å². The highest BCUT2D eigenvalue weighted by Gasteiger charge is 2.05. The van der Waals surface area contributed by atoms with Crippen molar-refractivity contribution in [3.8, 4) is 0 Å². The number of nitrogens with two attached hydrogens (primary N) is 1. The lowest BCUT2D eigenvalue weighted by atomic mass is 10.2. The number of aromatic nitrogens is 1. The molecule has 0 aliphatic heterocycles. The number of anilines is 2. The van der Waals surface area contributed by atoms with Crippen LogP contribution in [0, 0.1) is 0 Å². The molecule has 2 aromatic carbocycles. The maximum absolute atomic E-state index is 5.72. The van der Waals surface area contributed by atoms with Gasteiger partial charge in [-0.1, -0.05) is 41.7 Å². The molecule has 0 aliphatic carbocycles. The summed E-state index contributed by atoms with van der Waals surface area (Å²) in [6, 6.07) is 16.2. The Labute approximate surface area is 109 Å². The smallest absolute Gasteiger partial charge is 0.188 e. The quantitative estimate of drug-likeness (QED) is 0.753. The number of benzene rings is 2. The molecule has 18 heavy (non-hydrogen) atoms. The molecular weight excluding hydrogens is 242 g/mol. The Kier molecular flexibility index (Phi) is 2.96. The molecule has 0 radical (unpaired) electrons. The number of nitrogens with zero attached hydrogens (tertiary/aromatic N) is 1. The summed E-state index contributed by atoms with van der Waals surface area (Å²) in [5, 5.41) is 4.24. The van der Waals surface area contributed by atoms with Crippen molar-refractivity contribution in [1.82, 2.24) is 4.98 Å². The van der Waals surface area contributed by atoms with Crippen LogP contribution in [0.1, 0.15) is 5.56 Å². The third-order valence-corrected chi connectivity index (χ3v) is 3.72. The van der Waals surface area contributed by atoms with E-state index in [9.17, 15) is 0 Å². The Bertz CT molecular complexity index is 642. The number of para-hydroxylation sites is 2. The van der Waals surface area contributed by atoms with Gasteiger partial charge in [0.2, 0.25) is 0 Å². The molecule has 0 spiro atoms. The molecule has 4 heteroatoms. The predicted octanol–water partition coefficient (Wildman–Crippen LogP) is 3.50. The van der Waals surface area contributed by atoms with E-state index in [1.807, 2.05) is 42.5 Å². The predicted molar refractivity (Wildman–Crippen MR) is 77.2 cm³/mol. The fraction of sp³-hybridized carbons (Fsp3) is 0.0714. The summed E-state index contributed by atoms with van der Waals surface area (Å²) in [6.07, 6.45) is 0. The van der Waals surface area contributed by atoms with E-state index in [0.29, 0.717) is 6.54 Å². The molecule has 0 fully saturated rings. The minimum Gasteiger partial charge on any atom is -0.331 e.